The van der Waals surface area contributed by atoms with E-state index in [0.717, 1.165) is 0 Å². The Morgan fingerprint density at radius 2 is 2.36 bits per heavy atom. The number of likely N-dealkylation sites (N-methyl/N-ethyl adjacent to an activating group) is 1. The molecule has 0 aliphatic carbocycles. The molecule has 0 aromatic heterocycles. The molecule has 1 saturated heterocycles. The summed E-state index contributed by atoms with van der Waals surface area (Å²) in [5.41, 5.74) is 0. The van der Waals surface area contributed by atoms with Crippen LogP contribution >= 0.6 is 0 Å². The SMILES string of the molecule is CCN1CC[C@H](O)[C@H]1C(=O)O. The van der Waals surface area contributed by atoms with Crippen LogP contribution in [0.2, 0.25) is 0 Å². The first kappa shape index (κ1) is 8.49. The zero-order valence-corrected chi connectivity index (χ0v) is 6.53. The average Bonchev–Trinajstić information content (AvgIpc) is 2.30. The first-order valence-corrected chi connectivity index (χ1v) is 3.81. The normalized spacial score (nSPS) is 32.5. The van der Waals surface area contributed by atoms with E-state index >= 15 is 0 Å². The van der Waals surface area contributed by atoms with Crippen LogP contribution in [0.3, 0.4) is 0 Å². The molecule has 1 fully saturated rings. The molecule has 1 rings (SSSR count). The third kappa shape index (κ3) is 1.52. The van der Waals surface area contributed by atoms with Gasteiger partial charge in [0.05, 0.1) is 6.10 Å². The minimum atomic E-state index is -0.920. The quantitative estimate of drug-likeness (QED) is 0.571. The number of nitrogens with zero attached hydrogens (tertiary/aromatic N) is 1. The van der Waals surface area contributed by atoms with Gasteiger partial charge in [-0.2, -0.15) is 0 Å². The number of hydrogen-bond acceptors (Lipinski definition) is 3. The summed E-state index contributed by atoms with van der Waals surface area (Å²) in [6.07, 6.45) is -0.113. The highest BCUT2D eigenvalue weighted by molar-refractivity contribution is 5.74. The van der Waals surface area contributed by atoms with Crippen LogP contribution in [0.5, 0.6) is 0 Å². The van der Waals surface area contributed by atoms with Crippen LogP contribution in [0.15, 0.2) is 0 Å². The summed E-state index contributed by atoms with van der Waals surface area (Å²) in [6, 6.07) is -0.681. The molecule has 0 spiro atoms. The summed E-state index contributed by atoms with van der Waals surface area (Å²) >= 11 is 0. The highest BCUT2D eigenvalue weighted by Crippen LogP contribution is 2.17. The van der Waals surface area contributed by atoms with Gasteiger partial charge in [-0.05, 0) is 13.0 Å². The molecule has 2 atom stereocenters. The number of aliphatic carboxylic acids is 1. The molecule has 0 unspecified atom stereocenters. The van der Waals surface area contributed by atoms with Gasteiger partial charge >= 0.3 is 5.97 Å². The summed E-state index contributed by atoms with van der Waals surface area (Å²) in [4.78, 5) is 12.4. The maximum absolute atomic E-state index is 10.6. The van der Waals surface area contributed by atoms with Crippen molar-refractivity contribution < 1.29 is 15.0 Å². The van der Waals surface area contributed by atoms with Gasteiger partial charge in [-0.3, -0.25) is 9.69 Å². The van der Waals surface area contributed by atoms with Gasteiger partial charge in [-0.25, -0.2) is 0 Å². The predicted molar refractivity (Wildman–Crippen MR) is 39.3 cm³/mol. The monoisotopic (exact) mass is 159 g/mol. The molecule has 0 aromatic rings. The Hall–Kier alpha value is -0.610. The van der Waals surface area contributed by atoms with E-state index in [1.165, 1.54) is 0 Å². The van der Waals surface area contributed by atoms with Gasteiger partial charge in [0.1, 0.15) is 6.04 Å². The third-order valence-electron chi connectivity index (χ3n) is 2.13. The first-order valence-electron chi connectivity index (χ1n) is 3.81. The van der Waals surface area contributed by atoms with Crippen LogP contribution in [0, 0.1) is 0 Å². The molecule has 11 heavy (non-hydrogen) atoms. The molecule has 4 nitrogen and oxygen atoms in total. The maximum Gasteiger partial charge on any atom is 0.323 e. The van der Waals surface area contributed by atoms with Crippen molar-refractivity contribution in [2.75, 3.05) is 13.1 Å². The van der Waals surface area contributed by atoms with E-state index in [2.05, 4.69) is 0 Å². The second kappa shape index (κ2) is 3.19. The zero-order valence-electron chi connectivity index (χ0n) is 6.53. The topological polar surface area (TPSA) is 60.8 Å². The van der Waals surface area contributed by atoms with Gasteiger partial charge in [0, 0.05) is 6.54 Å². The molecule has 2 N–H and O–H groups in total. The molecular weight excluding hydrogens is 146 g/mol. The van der Waals surface area contributed by atoms with Crippen LogP contribution in [-0.4, -0.2) is 46.3 Å². The van der Waals surface area contributed by atoms with Crippen LogP contribution < -0.4 is 0 Å². The summed E-state index contributed by atoms with van der Waals surface area (Å²) in [5, 5.41) is 17.9. The minimum absolute atomic E-state index is 0.574. The number of aliphatic hydroxyl groups excluding tert-OH is 1. The van der Waals surface area contributed by atoms with Gasteiger partial charge in [0.2, 0.25) is 0 Å². The smallest absolute Gasteiger partial charge is 0.323 e. The fraction of sp³-hybridized carbons (Fsp3) is 0.857. The van der Waals surface area contributed by atoms with Crippen molar-refractivity contribution in [3.63, 3.8) is 0 Å². The van der Waals surface area contributed by atoms with Crippen LogP contribution in [-0.2, 0) is 4.79 Å². The lowest BCUT2D eigenvalue weighted by atomic mass is 10.2. The van der Waals surface area contributed by atoms with Crippen molar-refractivity contribution >= 4 is 5.97 Å². The Kier molecular flexibility index (Phi) is 2.46. The van der Waals surface area contributed by atoms with Crippen LogP contribution in [0.1, 0.15) is 13.3 Å². The molecule has 0 aromatic carbocycles. The van der Waals surface area contributed by atoms with E-state index in [1.54, 1.807) is 4.90 Å². The van der Waals surface area contributed by atoms with E-state index < -0.39 is 18.1 Å². The number of likely N-dealkylation sites (tertiary alicyclic amines) is 1. The number of carboxylic acids is 1. The van der Waals surface area contributed by atoms with E-state index in [4.69, 9.17) is 5.11 Å². The lowest BCUT2D eigenvalue weighted by Crippen LogP contribution is -2.41. The lowest BCUT2D eigenvalue weighted by molar-refractivity contribution is -0.144. The van der Waals surface area contributed by atoms with E-state index in [1.807, 2.05) is 6.92 Å². The second-order valence-corrected chi connectivity index (χ2v) is 2.77. The third-order valence-corrected chi connectivity index (χ3v) is 2.13. The number of carbonyl (C=O) groups is 1. The maximum atomic E-state index is 10.6. The molecule has 0 saturated carbocycles. The Morgan fingerprint density at radius 3 is 2.73 bits per heavy atom. The average molecular weight is 159 g/mol. The number of hydrogen-bond donors (Lipinski definition) is 2. The van der Waals surface area contributed by atoms with Gasteiger partial charge in [0.25, 0.3) is 0 Å². The summed E-state index contributed by atoms with van der Waals surface area (Å²) < 4.78 is 0. The highest BCUT2D eigenvalue weighted by Gasteiger charge is 2.37. The van der Waals surface area contributed by atoms with Crippen molar-refractivity contribution in [2.45, 2.75) is 25.5 Å². The first-order chi connectivity index (χ1) is 5.16. The van der Waals surface area contributed by atoms with Crippen molar-refractivity contribution in [1.82, 2.24) is 4.90 Å². The minimum Gasteiger partial charge on any atom is -0.480 e. The van der Waals surface area contributed by atoms with Gasteiger partial charge in [-0.1, -0.05) is 6.92 Å². The Morgan fingerprint density at radius 1 is 1.73 bits per heavy atom. The van der Waals surface area contributed by atoms with Crippen molar-refractivity contribution in [3.8, 4) is 0 Å². The van der Waals surface area contributed by atoms with Crippen LogP contribution in [0.4, 0.5) is 0 Å². The fourth-order valence-electron chi connectivity index (χ4n) is 1.51. The number of aliphatic hydroxyl groups is 1. The Labute approximate surface area is 65.4 Å². The van der Waals surface area contributed by atoms with Gasteiger partial charge in [-0.15, -0.1) is 0 Å². The molecule has 1 aliphatic rings. The van der Waals surface area contributed by atoms with Crippen molar-refractivity contribution in [3.05, 3.63) is 0 Å². The largest absolute Gasteiger partial charge is 0.480 e. The molecule has 1 heterocycles. The Balaban J connectivity index is 2.63. The van der Waals surface area contributed by atoms with Gasteiger partial charge in [0.15, 0.2) is 0 Å². The molecule has 1 aliphatic heterocycles. The predicted octanol–water partition coefficient (Wildman–Crippen LogP) is -0.474. The van der Waals surface area contributed by atoms with Crippen LogP contribution in [0.25, 0.3) is 0 Å². The summed E-state index contributed by atoms with van der Waals surface area (Å²) in [6.45, 7) is 3.27. The second-order valence-electron chi connectivity index (χ2n) is 2.77. The summed E-state index contributed by atoms with van der Waals surface area (Å²) in [5.74, 6) is -0.920. The molecule has 0 amide bonds. The van der Waals surface area contributed by atoms with E-state index in [-0.39, 0.29) is 0 Å². The molecule has 64 valence electrons. The number of carboxylic acid groups (broad SMARTS) is 1. The lowest BCUT2D eigenvalue weighted by Gasteiger charge is -2.19. The molecule has 4 heteroatoms. The van der Waals surface area contributed by atoms with E-state index in [0.29, 0.717) is 19.5 Å². The fourth-order valence-corrected chi connectivity index (χ4v) is 1.51. The van der Waals surface area contributed by atoms with E-state index in [9.17, 15) is 9.90 Å². The molecular formula is C7H13NO3. The molecule has 0 radical (unpaired) electrons. The Bertz CT molecular complexity index is 160. The van der Waals surface area contributed by atoms with Gasteiger partial charge < -0.3 is 10.2 Å². The number of rotatable bonds is 2. The zero-order chi connectivity index (χ0) is 8.43. The highest BCUT2D eigenvalue weighted by atomic mass is 16.4. The molecule has 0 bridgehead atoms. The van der Waals surface area contributed by atoms with Crippen molar-refractivity contribution in [2.24, 2.45) is 0 Å². The summed E-state index contributed by atoms with van der Waals surface area (Å²) in [7, 11) is 0. The standard InChI is InChI=1S/C7H13NO3/c1-2-8-4-3-5(9)6(8)7(10)11/h5-6,9H,2-4H2,1H3,(H,10,11)/t5-,6-/m0/s1. The van der Waals surface area contributed by atoms with Crippen molar-refractivity contribution in [1.29, 1.82) is 0 Å².